The van der Waals surface area contributed by atoms with Crippen LogP contribution in [0.25, 0.3) is 0 Å². The maximum atomic E-state index is 11.8. The quantitative estimate of drug-likeness (QED) is 0.830. The van der Waals surface area contributed by atoms with E-state index in [9.17, 15) is 4.79 Å². The summed E-state index contributed by atoms with van der Waals surface area (Å²) in [4.78, 5) is 11.8. The Morgan fingerprint density at radius 1 is 1.05 bits per heavy atom. The summed E-state index contributed by atoms with van der Waals surface area (Å²) in [5, 5.41) is 3.42. The lowest BCUT2D eigenvalue weighted by atomic mass is 9.91. The van der Waals surface area contributed by atoms with Gasteiger partial charge in [0, 0.05) is 17.8 Å². The van der Waals surface area contributed by atoms with E-state index in [4.69, 9.17) is 0 Å². The number of hydrogen-bond donors (Lipinski definition) is 1. The normalized spacial score (nSPS) is 10.4. The molecular weight excluding hydrogens is 246 g/mol. The van der Waals surface area contributed by atoms with Crippen LogP contribution in [-0.2, 0) is 6.54 Å². The largest absolute Gasteiger partial charge is 0.381 e. The van der Waals surface area contributed by atoms with Gasteiger partial charge in [0.05, 0.1) is 0 Å². The number of nitrogens with one attached hydrogen (secondary N) is 1. The summed E-state index contributed by atoms with van der Waals surface area (Å²) in [5.41, 5.74) is 6.56. The monoisotopic (exact) mass is 267 g/mol. The molecule has 20 heavy (non-hydrogen) atoms. The van der Waals surface area contributed by atoms with E-state index in [-0.39, 0.29) is 5.78 Å². The molecule has 0 amide bonds. The lowest BCUT2D eigenvalue weighted by Gasteiger charge is -2.17. The second-order valence-electron chi connectivity index (χ2n) is 5.26. The van der Waals surface area contributed by atoms with Crippen molar-refractivity contribution in [2.75, 3.05) is 5.32 Å². The smallest absolute Gasteiger partial charge is 0.160 e. The summed E-state index contributed by atoms with van der Waals surface area (Å²) in [7, 11) is 0. The van der Waals surface area contributed by atoms with Crippen LogP contribution < -0.4 is 5.32 Å². The zero-order valence-corrected chi connectivity index (χ0v) is 12.6. The van der Waals surface area contributed by atoms with Crippen molar-refractivity contribution < 1.29 is 4.79 Å². The number of anilines is 1. The van der Waals surface area contributed by atoms with E-state index in [1.807, 2.05) is 44.2 Å². The van der Waals surface area contributed by atoms with Gasteiger partial charge in [-0.1, -0.05) is 24.3 Å². The molecule has 2 aromatic carbocycles. The molecule has 0 aliphatic carbocycles. The van der Waals surface area contributed by atoms with E-state index in [1.54, 1.807) is 6.92 Å². The van der Waals surface area contributed by atoms with Crippen LogP contribution in [0.2, 0.25) is 0 Å². The first-order valence-corrected chi connectivity index (χ1v) is 6.90. The maximum absolute atomic E-state index is 11.8. The third kappa shape index (κ3) is 2.90. The van der Waals surface area contributed by atoms with E-state index in [0.29, 0.717) is 0 Å². The maximum Gasteiger partial charge on any atom is 0.160 e. The first-order valence-electron chi connectivity index (χ1n) is 6.90. The molecule has 2 nitrogen and oxygen atoms in total. The lowest BCUT2D eigenvalue weighted by Crippen LogP contribution is -2.09. The SMILES string of the molecule is CC(=O)c1c(C)cc(C)c(CNc2ccccc2)c1C. The summed E-state index contributed by atoms with van der Waals surface area (Å²) in [6.07, 6.45) is 0. The Morgan fingerprint density at radius 2 is 1.70 bits per heavy atom. The lowest BCUT2D eigenvalue weighted by molar-refractivity contribution is 0.101. The van der Waals surface area contributed by atoms with E-state index in [1.165, 1.54) is 11.1 Å². The van der Waals surface area contributed by atoms with Gasteiger partial charge in [0.15, 0.2) is 5.78 Å². The fourth-order valence-corrected chi connectivity index (χ4v) is 2.79. The standard InChI is InChI=1S/C18H21NO/c1-12-10-13(2)18(15(4)20)14(3)17(12)11-19-16-8-6-5-7-9-16/h5-10,19H,11H2,1-4H3. The first kappa shape index (κ1) is 14.3. The van der Waals surface area contributed by atoms with Crippen LogP contribution in [0.5, 0.6) is 0 Å². The van der Waals surface area contributed by atoms with Crippen LogP contribution in [0.1, 0.15) is 39.5 Å². The van der Waals surface area contributed by atoms with E-state index < -0.39 is 0 Å². The van der Waals surface area contributed by atoms with E-state index in [2.05, 4.69) is 18.3 Å². The van der Waals surface area contributed by atoms with Crippen molar-refractivity contribution in [3.8, 4) is 0 Å². The van der Waals surface area contributed by atoms with Gasteiger partial charge in [-0.25, -0.2) is 0 Å². The van der Waals surface area contributed by atoms with Gasteiger partial charge in [0.1, 0.15) is 0 Å². The van der Waals surface area contributed by atoms with Crippen LogP contribution in [-0.4, -0.2) is 5.78 Å². The Bertz CT molecular complexity index is 630. The third-order valence-corrected chi connectivity index (χ3v) is 3.73. The van der Waals surface area contributed by atoms with Crippen LogP contribution in [0, 0.1) is 20.8 Å². The minimum atomic E-state index is 0.140. The highest BCUT2D eigenvalue weighted by Gasteiger charge is 2.13. The van der Waals surface area contributed by atoms with Gasteiger partial charge in [-0.05, 0) is 62.1 Å². The molecule has 0 spiro atoms. The second kappa shape index (κ2) is 5.91. The highest BCUT2D eigenvalue weighted by atomic mass is 16.1. The zero-order valence-electron chi connectivity index (χ0n) is 12.6. The summed E-state index contributed by atoms with van der Waals surface area (Å²) < 4.78 is 0. The van der Waals surface area contributed by atoms with E-state index >= 15 is 0 Å². The number of benzene rings is 2. The number of para-hydroxylation sites is 1. The van der Waals surface area contributed by atoms with Crippen LogP contribution in [0.15, 0.2) is 36.4 Å². The molecular formula is C18H21NO. The van der Waals surface area contributed by atoms with Gasteiger partial charge < -0.3 is 5.32 Å². The number of carbonyl (C=O) groups excluding carboxylic acids is 1. The molecule has 104 valence electrons. The van der Waals surface area contributed by atoms with Gasteiger partial charge in [-0.3, -0.25) is 4.79 Å². The Hall–Kier alpha value is -2.09. The first-order chi connectivity index (χ1) is 9.50. The molecule has 0 fully saturated rings. The van der Waals surface area contributed by atoms with Crippen LogP contribution >= 0.6 is 0 Å². The molecule has 2 heteroatoms. The molecule has 0 heterocycles. The summed E-state index contributed by atoms with van der Waals surface area (Å²) in [6, 6.07) is 12.2. The van der Waals surface area contributed by atoms with Crippen molar-refractivity contribution in [2.45, 2.75) is 34.2 Å². The molecule has 2 rings (SSSR count). The number of hydrogen-bond acceptors (Lipinski definition) is 2. The molecule has 0 aromatic heterocycles. The summed E-state index contributed by atoms with van der Waals surface area (Å²) >= 11 is 0. The minimum Gasteiger partial charge on any atom is -0.381 e. The van der Waals surface area contributed by atoms with Gasteiger partial charge in [-0.15, -0.1) is 0 Å². The van der Waals surface area contributed by atoms with Crippen molar-refractivity contribution in [1.82, 2.24) is 0 Å². The number of ketones is 1. The van der Waals surface area contributed by atoms with Crippen molar-refractivity contribution in [1.29, 1.82) is 0 Å². The Labute approximate surface area is 120 Å². The Kier molecular flexibility index (Phi) is 4.23. The molecule has 0 aliphatic heterocycles. The molecule has 0 aliphatic rings. The van der Waals surface area contributed by atoms with Crippen LogP contribution in [0.4, 0.5) is 5.69 Å². The Morgan fingerprint density at radius 3 is 2.30 bits per heavy atom. The summed E-state index contributed by atoms with van der Waals surface area (Å²) in [5.74, 6) is 0.140. The number of aryl methyl sites for hydroxylation is 2. The topological polar surface area (TPSA) is 29.1 Å². The molecule has 0 atom stereocenters. The van der Waals surface area contributed by atoms with Crippen molar-refractivity contribution >= 4 is 11.5 Å². The molecule has 0 saturated carbocycles. The van der Waals surface area contributed by atoms with Crippen LogP contribution in [0.3, 0.4) is 0 Å². The minimum absolute atomic E-state index is 0.140. The zero-order chi connectivity index (χ0) is 14.7. The van der Waals surface area contributed by atoms with Gasteiger partial charge in [0.25, 0.3) is 0 Å². The molecule has 2 aromatic rings. The average Bonchev–Trinajstić information content (AvgIpc) is 2.38. The predicted octanol–water partition coefficient (Wildman–Crippen LogP) is 4.43. The van der Waals surface area contributed by atoms with Crippen molar-refractivity contribution in [3.05, 3.63) is 64.2 Å². The van der Waals surface area contributed by atoms with Crippen molar-refractivity contribution in [2.24, 2.45) is 0 Å². The molecule has 0 unspecified atom stereocenters. The fourth-order valence-electron chi connectivity index (χ4n) is 2.79. The Balaban J connectivity index is 2.32. The van der Waals surface area contributed by atoms with Crippen molar-refractivity contribution in [3.63, 3.8) is 0 Å². The highest BCUT2D eigenvalue weighted by Crippen LogP contribution is 2.23. The molecule has 0 bridgehead atoms. The fraction of sp³-hybridized carbons (Fsp3) is 0.278. The van der Waals surface area contributed by atoms with Gasteiger partial charge in [0.2, 0.25) is 0 Å². The third-order valence-electron chi connectivity index (χ3n) is 3.73. The number of carbonyl (C=O) groups is 1. The average molecular weight is 267 g/mol. The van der Waals surface area contributed by atoms with E-state index in [0.717, 1.165) is 28.9 Å². The highest BCUT2D eigenvalue weighted by molar-refractivity contribution is 5.97. The second-order valence-corrected chi connectivity index (χ2v) is 5.26. The number of rotatable bonds is 4. The van der Waals surface area contributed by atoms with Gasteiger partial charge >= 0.3 is 0 Å². The molecule has 1 N–H and O–H groups in total. The molecule has 0 saturated heterocycles. The van der Waals surface area contributed by atoms with Gasteiger partial charge in [-0.2, -0.15) is 0 Å². The molecule has 0 radical (unpaired) electrons. The predicted molar refractivity (Wildman–Crippen MR) is 84.4 cm³/mol. The number of Topliss-reactive ketones (excluding diaryl/α,β-unsaturated/α-hetero) is 1. The summed E-state index contributed by atoms with van der Waals surface area (Å²) in [6.45, 7) is 8.52.